The number of H-pyrrole nitrogens is 1. The van der Waals surface area contributed by atoms with Crippen LogP contribution in [0.4, 0.5) is 8.78 Å². The number of hydrogen-bond donors (Lipinski definition) is 1. The van der Waals surface area contributed by atoms with Gasteiger partial charge in [-0.05, 0) is 12.3 Å². The van der Waals surface area contributed by atoms with Gasteiger partial charge in [0.15, 0.2) is 11.5 Å². The Labute approximate surface area is 117 Å². The molecule has 1 aromatic carbocycles. The standard InChI is InChI=1S/C12H12F2N2O3S/c1-18-8-3-6-7(4-9(8)19-12(13)14)15-10(5-20-2)16-11(6)17/h3-4,12H,5H2,1-2H3,(H,15,16,17). The average molecular weight is 302 g/mol. The Morgan fingerprint density at radius 3 is 2.75 bits per heavy atom. The van der Waals surface area contributed by atoms with Crippen molar-refractivity contribution in [3.05, 3.63) is 28.3 Å². The van der Waals surface area contributed by atoms with E-state index in [1.807, 2.05) is 6.26 Å². The molecule has 0 spiro atoms. The lowest BCUT2D eigenvalue weighted by Gasteiger charge is -2.11. The maximum absolute atomic E-state index is 12.3. The molecule has 0 aliphatic rings. The molecule has 0 atom stereocenters. The molecule has 1 aromatic heterocycles. The number of aromatic nitrogens is 2. The molecule has 1 heterocycles. The first-order chi connectivity index (χ1) is 9.55. The highest BCUT2D eigenvalue weighted by Gasteiger charge is 2.14. The number of ether oxygens (including phenoxy) is 2. The highest BCUT2D eigenvalue weighted by molar-refractivity contribution is 7.97. The summed E-state index contributed by atoms with van der Waals surface area (Å²) in [5, 5.41) is 0.258. The predicted molar refractivity (Wildman–Crippen MR) is 72.8 cm³/mol. The third kappa shape index (κ3) is 3.01. The summed E-state index contributed by atoms with van der Waals surface area (Å²) in [6.45, 7) is -2.98. The number of benzene rings is 1. The Morgan fingerprint density at radius 1 is 1.40 bits per heavy atom. The van der Waals surface area contributed by atoms with Gasteiger partial charge < -0.3 is 14.5 Å². The lowest BCUT2D eigenvalue weighted by atomic mass is 10.2. The molecule has 0 unspecified atom stereocenters. The molecule has 8 heteroatoms. The number of nitrogens with one attached hydrogen (secondary N) is 1. The quantitative estimate of drug-likeness (QED) is 0.919. The molecule has 0 fully saturated rings. The summed E-state index contributed by atoms with van der Waals surface area (Å²) >= 11 is 1.49. The molecule has 1 N–H and O–H groups in total. The maximum atomic E-state index is 12.3. The van der Waals surface area contributed by atoms with E-state index in [4.69, 9.17) is 4.74 Å². The second kappa shape index (κ2) is 6.08. The zero-order valence-corrected chi connectivity index (χ0v) is 11.6. The van der Waals surface area contributed by atoms with Gasteiger partial charge in [-0.3, -0.25) is 4.79 Å². The Bertz CT molecular complexity index is 676. The third-order valence-electron chi connectivity index (χ3n) is 2.54. The van der Waals surface area contributed by atoms with Gasteiger partial charge in [-0.15, -0.1) is 0 Å². The van der Waals surface area contributed by atoms with Crippen LogP contribution in [0.25, 0.3) is 10.9 Å². The molecule has 0 aliphatic heterocycles. The first-order valence-electron chi connectivity index (χ1n) is 5.60. The van der Waals surface area contributed by atoms with Gasteiger partial charge in [-0.2, -0.15) is 20.5 Å². The largest absolute Gasteiger partial charge is 0.493 e. The highest BCUT2D eigenvalue weighted by Crippen LogP contribution is 2.31. The minimum absolute atomic E-state index is 0.0581. The van der Waals surface area contributed by atoms with Crippen LogP contribution in [0.1, 0.15) is 5.82 Å². The van der Waals surface area contributed by atoms with Crippen molar-refractivity contribution < 1.29 is 18.3 Å². The van der Waals surface area contributed by atoms with Gasteiger partial charge in [0.25, 0.3) is 5.56 Å². The molecule has 0 aliphatic carbocycles. The smallest absolute Gasteiger partial charge is 0.387 e. The highest BCUT2D eigenvalue weighted by atomic mass is 32.2. The molecule has 20 heavy (non-hydrogen) atoms. The maximum Gasteiger partial charge on any atom is 0.387 e. The van der Waals surface area contributed by atoms with Gasteiger partial charge in [-0.1, -0.05) is 0 Å². The summed E-state index contributed by atoms with van der Waals surface area (Å²) in [6.07, 6.45) is 1.86. The fourth-order valence-corrected chi connectivity index (χ4v) is 2.16. The Hall–Kier alpha value is -1.83. The van der Waals surface area contributed by atoms with Crippen LogP contribution in [0.15, 0.2) is 16.9 Å². The van der Waals surface area contributed by atoms with E-state index >= 15 is 0 Å². The zero-order valence-electron chi connectivity index (χ0n) is 10.8. The van der Waals surface area contributed by atoms with E-state index in [0.717, 1.165) is 0 Å². The first kappa shape index (κ1) is 14.6. The molecule has 2 aromatic rings. The SMILES string of the molecule is COc1cc2c(=O)[nH]c(CSC)nc2cc1OC(F)F. The normalized spacial score (nSPS) is 11.1. The van der Waals surface area contributed by atoms with Gasteiger partial charge in [0, 0.05) is 6.07 Å². The molecule has 0 amide bonds. The number of thioether (sulfide) groups is 1. The second-order valence-corrected chi connectivity index (χ2v) is 4.71. The first-order valence-corrected chi connectivity index (χ1v) is 6.99. The van der Waals surface area contributed by atoms with E-state index in [1.165, 1.54) is 31.0 Å². The number of alkyl halides is 2. The molecule has 2 rings (SSSR count). The monoisotopic (exact) mass is 302 g/mol. The van der Waals surface area contributed by atoms with Crippen molar-refractivity contribution in [2.24, 2.45) is 0 Å². The van der Waals surface area contributed by atoms with Crippen LogP contribution in [0.3, 0.4) is 0 Å². The van der Waals surface area contributed by atoms with Gasteiger partial charge in [0.2, 0.25) is 0 Å². The van der Waals surface area contributed by atoms with Crippen LogP contribution < -0.4 is 15.0 Å². The summed E-state index contributed by atoms with van der Waals surface area (Å²) in [5.74, 6) is 0.900. The van der Waals surface area contributed by atoms with E-state index < -0.39 is 6.61 Å². The Morgan fingerprint density at radius 2 is 2.15 bits per heavy atom. The van der Waals surface area contributed by atoms with Crippen molar-refractivity contribution in [2.45, 2.75) is 12.4 Å². The lowest BCUT2D eigenvalue weighted by molar-refractivity contribution is -0.0511. The van der Waals surface area contributed by atoms with Gasteiger partial charge in [0.1, 0.15) is 5.82 Å². The molecule has 0 radical (unpaired) electrons. The Balaban J connectivity index is 2.61. The van der Waals surface area contributed by atoms with E-state index in [1.54, 1.807) is 0 Å². The molecule has 5 nitrogen and oxygen atoms in total. The Kier molecular flexibility index (Phi) is 4.43. The zero-order chi connectivity index (χ0) is 14.7. The van der Waals surface area contributed by atoms with Crippen LogP contribution in [0.2, 0.25) is 0 Å². The number of halogens is 2. The summed E-state index contributed by atoms with van der Waals surface area (Å²) in [5.41, 5.74) is -0.0600. The molecule has 108 valence electrons. The van der Waals surface area contributed by atoms with Crippen molar-refractivity contribution in [2.75, 3.05) is 13.4 Å². The van der Waals surface area contributed by atoms with Crippen LogP contribution in [0, 0.1) is 0 Å². The lowest BCUT2D eigenvalue weighted by Crippen LogP contribution is -2.12. The van der Waals surface area contributed by atoms with Crippen LogP contribution >= 0.6 is 11.8 Å². The summed E-state index contributed by atoms with van der Waals surface area (Å²) < 4.78 is 34.0. The fraction of sp³-hybridized carbons (Fsp3) is 0.333. The van der Waals surface area contributed by atoms with Crippen molar-refractivity contribution in [1.82, 2.24) is 9.97 Å². The number of aromatic amines is 1. The van der Waals surface area contributed by atoms with Crippen LogP contribution in [-0.4, -0.2) is 29.9 Å². The van der Waals surface area contributed by atoms with E-state index in [0.29, 0.717) is 11.6 Å². The van der Waals surface area contributed by atoms with Gasteiger partial charge in [0.05, 0.1) is 23.8 Å². The molecule has 0 bridgehead atoms. The summed E-state index contributed by atoms with van der Waals surface area (Å²) in [4.78, 5) is 18.8. The number of rotatable bonds is 5. The van der Waals surface area contributed by atoms with E-state index in [-0.39, 0.29) is 28.0 Å². The number of fused-ring (bicyclic) bond motifs is 1. The van der Waals surface area contributed by atoms with Crippen molar-refractivity contribution in [1.29, 1.82) is 0 Å². The molecule has 0 saturated heterocycles. The number of methoxy groups -OCH3 is 1. The second-order valence-electron chi connectivity index (χ2n) is 3.84. The van der Waals surface area contributed by atoms with Crippen molar-refractivity contribution >= 4 is 22.7 Å². The molecular weight excluding hydrogens is 290 g/mol. The van der Waals surface area contributed by atoms with Gasteiger partial charge >= 0.3 is 6.61 Å². The minimum Gasteiger partial charge on any atom is -0.493 e. The third-order valence-corrected chi connectivity index (χ3v) is 3.10. The van der Waals surface area contributed by atoms with Crippen molar-refractivity contribution in [3.8, 4) is 11.5 Å². The van der Waals surface area contributed by atoms with Crippen LogP contribution in [0.5, 0.6) is 11.5 Å². The van der Waals surface area contributed by atoms with Crippen LogP contribution in [-0.2, 0) is 5.75 Å². The predicted octanol–water partition coefficient (Wildman–Crippen LogP) is 2.40. The molecule has 0 saturated carbocycles. The summed E-state index contributed by atoms with van der Waals surface area (Å²) in [6, 6.07) is 2.61. The number of hydrogen-bond acceptors (Lipinski definition) is 5. The minimum atomic E-state index is -2.98. The average Bonchev–Trinajstić information content (AvgIpc) is 2.37. The van der Waals surface area contributed by atoms with E-state index in [9.17, 15) is 13.6 Å². The number of nitrogens with zero attached hydrogens (tertiary/aromatic N) is 1. The molecular formula is C12H12F2N2O3S. The topological polar surface area (TPSA) is 64.2 Å². The van der Waals surface area contributed by atoms with Gasteiger partial charge in [-0.25, -0.2) is 4.98 Å². The van der Waals surface area contributed by atoms with E-state index in [2.05, 4.69) is 14.7 Å². The fourth-order valence-electron chi connectivity index (χ4n) is 1.75. The summed E-state index contributed by atoms with van der Waals surface area (Å²) in [7, 11) is 1.31. The van der Waals surface area contributed by atoms with Crippen molar-refractivity contribution in [3.63, 3.8) is 0 Å².